The van der Waals surface area contributed by atoms with Crippen molar-refractivity contribution in [3.05, 3.63) is 40.9 Å². The first-order chi connectivity index (χ1) is 10.8. The third kappa shape index (κ3) is 2.74. The molecule has 3 heterocycles. The van der Waals surface area contributed by atoms with Crippen molar-refractivity contribution in [1.29, 1.82) is 0 Å². The Labute approximate surface area is 134 Å². The number of nitrogens with zero attached hydrogens (tertiary/aromatic N) is 4. The predicted molar refractivity (Wildman–Crippen MR) is 87.2 cm³/mol. The van der Waals surface area contributed by atoms with Crippen LogP contribution in [0.5, 0.6) is 0 Å². The van der Waals surface area contributed by atoms with Gasteiger partial charge >= 0.3 is 0 Å². The molecule has 2 atom stereocenters. The zero-order chi connectivity index (χ0) is 14.9. The molecule has 2 aliphatic rings. The van der Waals surface area contributed by atoms with Crippen LogP contribution in [0, 0.1) is 6.92 Å². The zero-order valence-electron chi connectivity index (χ0n) is 12.7. The van der Waals surface area contributed by atoms with E-state index in [0.717, 1.165) is 42.9 Å². The summed E-state index contributed by atoms with van der Waals surface area (Å²) in [4.78, 5) is 4.88. The molecule has 2 aliphatic heterocycles. The predicted octanol–water partition coefficient (Wildman–Crippen LogP) is 1.94. The highest BCUT2D eigenvalue weighted by Gasteiger charge is 2.40. The van der Waals surface area contributed by atoms with Crippen molar-refractivity contribution >= 4 is 16.5 Å². The quantitative estimate of drug-likeness (QED) is 0.865. The van der Waals surface area contributed by atoms with Gasteiger partial charge in [-0.25, -0.2) is 0 Å². The highest BCUT2D eigenvalue weighted by atomic mass is 32.1. The number of aryl methyl sites for hydroxylation is 1. The maximum Gasteiger partial charge on any atom is 0.208 e. The number of ether oxygens (including phenoxy) is 1. The summed E-state index contributed by atoms with van der Waals surface area (Å²) in [6.07, 6.45) is 0.279. The molecule has 6 heteroatoms. The fourth-order valence-corrected chi connectivity index (χ4v) is 4.05. The molecule has 0 bridgehead atoms. The summed E-state index contributed by atoms with van der Waals surface area (Å²) >= 11 is 1.67. The van der Waals surface area contributed by atoms with Crippen LogP contribution in [0.15, 0.2) is 30.3 Å². The van der Waals surface area contributed by atoms with Gasteiger partial charge in [-0.15, -0.1) is 10.2 Å². The molecule has 0 N–H and O–H groups in total. The van der Waals surface area contributed by atoms with Crippen LogP contribution in [-0.2, 0) is 11.3 Å². The third-order valence-corrected chi connectivity index (χ3v) is 5.33. The van der Waals surface area contributed by atoms with Crippen LogP contribution >= 0.6 is 11.3 Å². The Morgan fingerprint density at radius 1 is 1.23 bits per heavy atom. The van der Waals surface area contributed by atoms with Crippen molar-refractivity contribution in [1.82, 2.24) is 15.1 Å². The van der Waals surface area contributed by atoms with Crippen molar-refractivity contribution < 1.29 is 4.74 Å². The molecule has 1 aromatic heterocycles. The van der Waals surface area contributed by atoms with Crippen molar-refractivity contribution in [2.45, 2.75) is 25.6 Å². The molecular weight excluding hydrogens is 296 g/mol. The standard InChI is InChI=1S/C16H20N4OS/c1-12-17-18-16(22-12)20-10-14-15(11-20)21-8-7-19(14)9-13-5-3-2-4-6-13/h2-6,14-15H,7-11H2,1H3/t14-,15+/m0/s1. The van der Waals surface area contributed by atoms with Gasteiger partial charge in [0.2, 0.25) is 5.13 Å². The fourth-order valence-electron chi connectivity index (χ4n) is 3.34. The first-order valence-corrected chi connectivity index (χ1v) is 8.56. The first-order valence-electron chi connectivity index (χ1n) is 7.74. The molecule has 5 nitrogen and oxygen atoms in total. The number of morpholine rings is 1. The number of anilines is 1. The van der Waals surface area contributed by atoms with Gasteiger partial charge in [-0.3, -0.25) is 4.90 Å². The first kappa shape index (κ1) is 14.1. The second-order valence-corrected chi connectivity index (χ2v) is 7.10. The van der Waals surface area contributed by atoms with Gasteiger partial charge in [-0.05, 0) is 12.5 Å². The van der Waals surface area contributed by atoms with Crippen LogP contribution < -0.4 is 4.90 Å². The van der Waals surface area contributed by atoms with Gasteiger partial charge < -0.3 is 9.64 Å². The molecule has 2 saturated heterocycles. The minimum Gasteiger partial charge on any atom is -0.373 e. The molecule has 0 unspecified atom stereocenters. The van der Waals surface area contributed by atoms with Gasteiger partial charge in [0, 0.05) is 26.2 Å². The van der Waals surface area contributed by atoms with Crippen LogP contribution in [-0.4, -0.2) is 53.5 Å². The highest BCUT2D eigenvalue weighted by molar-refractivity contribution is 7.15. The lowest BCUT2D eigenvalue weighted by Gasteiger charge is -2.36. The monoisotopic (exact) mass is 316 g/mol. The van der Waals surface area contributed by atoms with Crippen molar-refractivity contribution in [3.63, 3.8) is 0 Å². The molecule has 116 valence electrons. The Morgan fingerprint density at radius 2 is 2.09 bits per heavy atom. The summed E-state index contributed by atoms with van der Waals surface area (Å²) in [5.74, 6) is 0. The summed E-state index contributed by atoms with van der Waals surface area (Å²) in [5, 5.41) is 10.5. The van der Waals surface area contributed by atoms with Crippen LogP contribution in [0.2, 0.25) is 0 Å². The molecule has 0 amide bonds. The largest absolute Gasteiger partial charge is 0.373 e. The fraction of sp³-hybridized carbons (Fsp3) is 0.500. The third-order valence-electron chi connectivity index (χ3n) is 4.43. The molecule has 0 aliphatic carbocycles. The lowest BCUT2D eigenvalue weighted by atomic mass is 10.1. The van der Waals surface area contributed by atoms with E-state index in [1.54, 1.807) is 11.3 Å². The number of hydrogen-bond acceptors (Lipinski definition) is 6. The molecule has 22 heavy (non-hydrogen) atoms. The SMILES string of the molecule is Cc1nnc(N2C[C@H]3OCCN(Cc4ccccc4)[C@H]3C2)s1. The number of fused-ring (bicyclic) bond motifs is 1. The highest BCUT2D eigenvalue weighted by Crippen LogP contribution is 2.29. The lowest BCUT2D eigenvalue weighted by molar-refractivity contribution is -0.0499. The van der Waals surface area contributed by atoms with Gasteiger partial charge in [0.1, 0.15) is 5.01 Å². The minimum absolute atomic E-state index is 0.279. The van der Waals surface area contributed by atoms with E-state index in [1.165, 1.54) is 5.56 Å². The van der Waals surface area contributed by atoms with Gasteiger partial charge in [0.25, 0.3) is 0 Å². The number of benzene rings is 1. The van der Waals surface area contributed by atoms with Crippen molar-refractivity contribution in [2.75, 3.05) is 31.1 Å². The molecule has 0 saturated carbocycles. The van der Waals surface area contributed by atoms with Crippen LogP contribution in [0.3, 0.4) is 0 Å². The second-order valence-electron chi connectivity index (χ2n) is 5.94. The van der Waals surface area contributed by atoms with E-state index in [9.17, 15) is 0 Å². The average Bonchev–Trinajstić information content (AvgIpc) is 3.15. The van der Waals surface area contributed by atoms with E-state index in [0.29, 0.717) is 6.04 Å². The molecule has 2 fully saturated rings. The molecular formula is C16H20N4OS. The van der Waals surface area contributed by atoms with E-state index >= 15 is 0 Å². The van der Waals surface area contributed by atoms with E-state index in [-0.39, 0.29) is 6.10 Å². The Balaban J connectivity index is 1.49. The van der Waals surface area contributed by atoms with Crippen LogP contribution in [0.4, 0.5) is 5.13 Å². The summed E-state index contributed by atoms with van der Waals surface area (Å²) < 4.78 is 6.00. The van der Waals surface area contributed by atoms with Gasteiger partial charge in [-0.1, -0.05) is 41.7 Å². The van der Waals surface area contributed by atoms with E-state index in [1.807, 2.05) is 6.92 Å². The average molecular weight is 316 g/mol. The van der Waals surface area contributed by atoms with Crippen LogP contribution in [0.1, 0.15) is 10.6 Å². The second kappa shape index (κ2) is 5.95. The maximum atomic E-state index is 6.00. The molecule has 0 radical (unpaired) electrons. The van der Waals surface area contributed by atoms with Gasteiger partial charge in [-0.2, -0.15) is 0 Å². The smallest absolute Gasteiger partial charge is 0.208 e. The Hall–Kier alpha value is -1.50. The van der Waals surface area contributed by atoms with E-state index in [2.05, 4.69) is 50.3 Å². The van der Waals surface area contributed by atoms with E-state index in [4.69, 9.17) is 4.74 Å². The zero-order valence-corrected chi connectivity index (χ0v) is 13.5. The summed E-state index contributed by atoms with van der Waals surface area (Å²) in [5.41, 5.74) is 1.37. The Kier molecular flexibility index (Phi) is 3.82. The molecule has 0 spiro atoms. The lowest BCUT2D eigenvalue weighted by Crippen LogP contribution is -2.50. The Bertz CT molecular complexity index is 632. The van der Waals surface area contributed by atoms with Crippen LogP contribution in [0.25, 0.3) is 0 Å². The van der Waals surface area contributed by atoms with Gasteiger partial charge in [0.15, 0.2) is 0 Å². The van der Waals surface area contributed by atoms with Crippen molar-refractivity contribution in [3.8, 4) is 0 Å². The molecule has 2 aromatic rings. The minimum atomic E-state index is 0.279. The molecule has 1 aromatic carbocycles. The Morgan fingerprint density at radius 3 is 2.86 bits per heavy atom. The molecule has 4 rings (SSSR count). The topological polar surface area (TPSA) is 41.5 Å². The normalized spacial score (nSPS) is 25.4. The number of rotatable bonds is 3. The summed E-state index contributed by atoms with van der Waals surface area (Å²) in [6, 6.07) is 11.1. The number of hydrogen-bond donors (Lipinski definition) is 0. The van der Waals surface area contributed by atoms with E-state index < -0.39 is 0 Å². The van der Waals surface area contributed by atoms with Crippen molar-refractivity contribution in [2.24, 2.45) is 0 Å². The van der Waals surface area contributed by atoms with Gasteiger partial charge in [0.05, 0.1) is 18.8 Å². The summed E-state index contributed by atoms with van der Waals surface area (Å²) in [6.45, 7) is 6.71. The maximum absolute atomic E-state index is 6.00. The summed E-state index contributed by atoms with van der Waals surface area (Å²) in [7, 11) is 0. The number of aromatic nitrogens is 2.